The Bertz CT molecular complexity index is 608. The van der Waals surface area contributed by atoms with Crippen LogP contribution in [0.25, 0.3) is 0 Å². The van der Waals surface area contributed by atoms with Crippen LogP contribution in [0.4, 0.5) is 8.78 Å². The Balaban J connectivity index is 2.58. The number of hydrogen-bond donors (Lipinski definition) is 0. The zero-order valence-corrected chi connectivity index (χ0v) is 11.8. The summed E-state index contributed by atoms with van der Waals surface area (Å²) in [6.07, 6.45) is 0. The highest BCUT2D eigenvalue weighted by atomic mass is 127. The van der Waals surface area contributed by atoms with Gasteiger partial charge in [-0.1, -0.05) is 17.7 Å². The van der Waals surface area contributed by atoms with Crippen LogP contribution in [0.2, 0.25) is 5.02 Å². The third kappa shape index (κ3) is 2.54. The molecule has 0 aliphatic heterocycles. The van der Waals surface area contributed by atoms with Crippen molar-refractivity contribution in [3.05, 3.63) is 67.8 Å². The first-order valence-corrected chi connectivity index (χ1v) is 6.40. The third-order valence-corrected chi connectivity index (χ3v) is 3.54. The fourth-order valence-electron chi connectivity index (χ4n) is 1.52. The number of hydrogen-bond acceptors (Lipinski definition) is 1. The van der Waals surface area contributed by atoms with Gasteiger partial charge in [0.05, 0.1) is 5.56 Å². The number of ketones is 1. The van der Waals surface area contributed by atoms with Gasteiger partial charge in [0.15, 0.2) is 5.78 Å². The van der Waals surface area contributed by atoms with E-state index in [9.17, 15) is 13.6 Å². The summed E-state index contributed by atoms with van der Waals surface area (Å²) in [4.78, 5) is 12.1. The monoisotopic (exact) mass is 378 g/mol. The van der Waals surface area contributed by atoms with Gasteiger partial charge in [-0.05, 0) is 52.9 Å². The maximum atomic E-state index is 13.5. The summed E-state index contributed by atoms with van der Waals surface area (Å²) < 4.78 is 27.6. The Hall–Kier alpha value is -1.01. The first kappa shape index (κ1) is 13.4. The number of halogens is 4. The fraction of sp³-hybridized carbons (Fsp3) is 0. The molecular weight excluding hydrogens is 372 g/mol. The second-order valence-electron chi connectivity index (χ2n) is 3.55. The first-order valence-electron chi connectivity index (χ1n) is 4.94. The van der Waals surface area contributed by atoms with Gasteiger partial charge in [0.25, 0.3) is 0 Å². The first-order chi connectivity index (χ1) is 8.50. The molecule has 0 N–H and O–H groups in total. The SMILES string of the molecule is O=C(c1cc(Cl)ccc1I)c1c(F)cccc1F. The molecule has 0 spiro atoms. The molecular formula is C13H6ClF2IO. The Morgan fingerprint density at radius 1 is 1.11 bits per heavy atom. The molecule has 0 fully saturated rings. The van der Waals surface area contributed by atoms with Crippen LogP contribution in [0, 0.1) is 15.2 Å². The molecule has 0 amide bonds. The van der Waals surface area contributed by atoms with E-state index >= 15 is 0 Å². The highest BCUT2D eigenvalue weighted by Crippen LogP contribution is 2.23. The maximum absolute atomic E-state index is 13.5. The number of carbonyl (C=O) groups excluding carboxylic acids is 1. The molecule has 0 aromatic heterocycles. The normalized spacial score (nSPS) is 10.4. The van der Waals surface area contributed by atoms with Crippen molar-refractivity contribution in [1.82, 2.24) is 0 Å². The van der Waals surface area contributed by atoms with Gasteiger partial charge in [0.2, 0.25) is 0 Å². The second-order valence-corrected chi connectivity index (χ2v) is 5.15. The van der Waals surface area contributed by atoms with E-state index in [4.69, 9.17) is 11.6 Å². The zero-order valence-electron chi connectivity index (χ0n) is 8.88. The van der Waals surface area contributed by atoms with Crippen LogP contribution in [0.15, 0.2) is 36.4 Å². The molecule has 0 heterocycles. The molecule has 1 nitrogen and oxygen atoms in total. The minimum atomic E-state index is -0.879. The summed E-state index contributed by atoms with van der Waals surface area (Å²) in [7, 11) is 0. The zero-order chi connectivity index (χ0) is 13.3. The molecule has 0 radical (unpaired) electrons. The Kier molecular flexibility index (Phi) is 3.97. The summed E-state index contributed by atoms with van der Waals surface area (Å²) in [5.74, 6) is -2.47. The molecule has 0 aliphatic carbocycles. The van der Waals surface area contributed by atoms with Gasteiger partial charge < -0.3 is 0 Å². The van der Waals surface area contributed by atoms with E-state index < -0.39 is 23.0 Å². The van der Waals surface area contributed by atoms with Gasteiger partial charge in [-0.2, -0.15) is 0 Å². The second kappa shape index (κ2) is 5.32. The van der Waals surface area contributed by atoms with E-state index in [0.29, 0.717) is 8.59 Å². The van der Waals surface area contributed by atoms with Crippen molar-refractivity contribution in [2.75, 3.05) is 0 Å². The summed E-state index contributed by atoms with van der Waals surface area (Å²) in [5.41, 5.74) is -0.371. The molecule has 0 aliphatic rings. The molecule has 0 unspecified atom stereocenters. The van der Waals surface area contributed by atoms with E-state index in [1.54, 1.807) is 12.1 Å². The third-order valence-electron chi connectivity index (χ3n) is 2.36. The van der Waals surface area contributed by atoms with Gasteiger partial charge in [0.1, 0.15) is 11.6 Å². The van der Waals surface area contributed by atoms with Crippen molar-refractivity contribution >= 4 is 40.0 Å². The molecule has 2 aromatic carbocycles. The summed E-state index contributed by atoms with van der Waals surface area (Å²) >= 11 is 7.70. The molecule has 0 atom stereocenters. The molecule has 5 heteroatoms. The standard InChI is InChI=1S/C13H6ClF2IO/c14-7-4-5-11(17)8(6-7)13(18)12-9(15)2-1-3-10(12)16/h1-6H. The summed E-state index contributed by atoms with van der Waals surface area (Å²) in [6.45, 7) is 0. The van der Waals surface area contributed by atoms with Crippen molar-refractivity contribution in [3.8, 4) is 0 Å². The van der Waals surface area contributed by atoms with Gasteiger partial charge in [0, 0.05) is 14.2 Å². The van der Waals surface area contributed by atoms with E-state index in [2.05, 4.69) is 0 Å². The Morgan fingerprint density at radius 2 is 1.72 bits per heavy atom. The highest BCUT2D eigenvalue weighted by Gasteiger charge is 2.20. The molecule has 92 valence electrons. The van der Waals surface area contributed by atoms with Crippen LogP contribution in [-0.2, 0) is 0 Å². The molecule has 0 saturated heterocycles. The predicted octanol–water partition coefficient (Wildman–Crippen LogP) is 4.45. The van der Waals surface area contributed by atoms with Gasteiger partial charge >= 0.3 is 0 Å². The van der Waals surface area contributed by atoms with Crippen LogP contribution in [-0.4, -0.2) is 5.78 Å². The highest BCUT2D eigenvalue weighted by molar-refractivity contribution is 14.1. The van der Waals surface area contributed by atoms with E-state index in [1.807, 2.05) is 22.6 Å². The van der Waals surface area contributed by atoms with E-state index in [0.717, 1.165) is 12.1 Å². The van der Waals surface area contributed by atoms with E-state index in [-0.39, 0.29) is 5.56 Å². The van der Waals surface area contributed by atoms with Crippen molar-refractivity contribution in [2.24, 2.45) is 0 Å². The molecule has 2 rings (SSSR count). The Labute approximate surface area is 121 Å². The van der Waals surface area contributed by atoms with Gasteiger partial charge in [-0.25, -0.2) is 8.78 Å². The minimum Gasteiger partial charge on any atom is -0.288 e. The molecule has 2 aromatic rings. The number of benzene rings is 2. The van der Waals surface area contributed by atoms with Gasteiger partial charge in [-0.15, -0.1) is 0 Å². The number of carbonyl (C=O) groups is 1. The quantitative estimate of drug-likeness (QED) is 0.557. The topological polar surface area (TPSA) is 17.1 Å². The van der Waals surface area contributed by atoms with Crippen molar-refractivity contribution in [2.45, 2.75) is 0 Å². The average Bonchev–Trinajstić information content (AvgIpc) is 2.32. The largest absolute Gasteiger partial charge is 0.288 e. The van der Waals surface area contributed by atoms with Crippen molar-refractivity contribution in [1.29, 1.82) is 0 Å². The van der Waals surface area contributed by atoms with Crippen molar-refractivity contribution < 1.29 is 13.6 Å². The summed E-state index contributed by atoms with van der Waals surface area (Å²) in [6, 6.07) is 7.94. The fourth-order valence-corrected chi connectivity index (χ4v) is 2.27. The lowest BCUT2D eigenvalue weighted by Gasteiger charge is -2.06. The van der Waals surface area contributed by atoms with Crippen LogP contribution in [0.3, 0.4) is 0 Å². The van der Waals surface area contributed by atoms with Crippen LogP contribution in [0.1, 0.15) is 15.9 Å². The molecule has 0 saturated carbocycles. The lowest BCUT2D eigenvalue weighted by molar-refractivity contribution is 0.103. The lowest BCUT2D eigenvalue weighted by Crippen LogP contribution is -2.09. The number of rotatable bonds is 2. The average molecular weight is 379 g/mol. The predicted molar refractivity (Wildman–Crippen MR) is 74.0 cm³/mol. The lowest BCUT2D eigenvalue weighted by atomic mass is 10.0. The smallest absolute Gasteiger partial charge is 0.200 e. The van der Waals surface area contributed by atoms with Gasteiger partial charge in [-0.3, -0.25) is 4.79 Å². The minimum absolute atomic E-state index is 0.187. The van der Waals surface area contributed by atoms with Crippen LogP contribution >= 0.6 is 34.2 Å². The molecule has 18 heavy (non-hydrogen) atoms. The van der Waals surface area contributed by atoms with Crippen LogP contribution < -0.4 is 0 Å². The Morgan fingerprint density at radius 3 is 2.33 bits per heavy atom. The maximum Gasteiger partial charge on any atom is 0.200 e. The summed E-state index contributed by atoms with van der Waals surface area (Å²) in [5, 5.41) is 0.343. The van der Waals surface area contributed by atoms with Crippen LogP contribution in [0.5, 0.6) is 0 Å². The van der Waals surface area contributed by atoms with E-state index in [1.165, 1.54) is 12.1 Å². The molecule has 0 bridgehead atoms. The van der Waals surface area contributed by atoms with Crippen molar-refractivity contribution in [3.63, 3.8) is 0 Å².